The standard InChI is InChI=1S/C16H25N5OS/c1-3-17-15(18-9-6-12-22-2)19-10-11-20-16-21-13-7-4-5-8-14(13)23-16/h4-5,7-8H,3,6,9-12H2,1-2H3,(H,20,21)(H2,17,18,19). The van der Waals surface area contributed by atoms with Crippen LogP contribution in [0.1, 0.15) is 13.3 Å². The summed E-state index contributed by atoms with van der Waals surface area (Å²) in [5, 5.41) is 10.9. The van der Waals surface area contributed by atoms with Gasteiger partial charge in [-0.2, -0.15) is 0 Å². The number of para-hydroxylation sites is 1. The second-order valence-electron chi connectivity index (χ2n) is 4.95. The quantitative estimate of drug-likeness (QED) is 0.373. The van der Waals surface area contributed by atoms with E-state index >= 15 is 0 Å². The summed E-state index contributed by atoms with van der Waals surface area (Å²) in [6, 6.07) is 8.17. The van der Waals surface area contributed by atoms with Gasteiger partial charge in [-0.1, -0.05) is 23.5 Å². The van der Waals surface area contributed by atoms with Crippen LogP contribution in [0.5, 0.6) is 0 Å². The number of thiazole rings is 1. The fraction of sp³-hybridized carbons (Fsp3) is 0.500. The molecule has 6 nitrogen and oxygen atoms in total. The SMILES string of the molecule is CCNC(=NCCCOC)NCCNc1nc2ccccc2s1. The average Bonchev–Trinajstić information content (AvgIpc) is 2.98. The van der Waals surface area contributed by atoms with Crippen molar-refractivity contribution in [2.45, 2.75) is 13.3 Å². The second-order valence-corrected chi connectivity index (χ2v) is 5.98. The van der Waals surface area contributed by atoms with E-state index in [9.17, 15) is 0 Å². The van der Waals surface area contributed by atoms with Crippen LogP contribution in [0.2, 0.25) is 0 Å². The van der Waals surface area contributed by atoms with Gasteiger partial charge < -0.3 is 20.7 Å². The molecule has 0 amide bonds. The monoisotopic (exact) mass is 335 g/mol. The first-order valence-electron chi connectivity index (χ1n) is 7.94. The van der Waals surface area contributed by atoms with Gasteiger partial charge in [0.2, 0.25) is 0 Å². The predicted molar refractivity (Wildman–Crippen MR) is 98.6 cm³/mol. The molecule has 0 unspecified atom stereocenters. The first kappa shape index (κ1) is 17.5. The lowest BCUT2D eigenvalue weighted by molar-refractivity contribution is 0.197. The molecule has 1 aromatic heterocycles. The average molecular weight is 335 g/mol. The molecule has 0 saturated carbocycles. The summed E-state index contributed by atoms with van der Waals surface area (Å²) in [5.74, 6) is 0.842. The van der Waals surface area contributed by atoms with Crippen molar-refractivity contribution in [3.05, 3.63) is 24.3 Å². The molecule has 0 spiro atoms. The zero-order valence-electron chi connectivity index (χ0n) is 13.8. The van der Waals surface area contributed by atoms with Crippen molar-refractivity contribution in [1.82, 2.24) is 15.6 Å². The normalized spacial score (nSPS) is 11.7. The third kappa shape index (κ3) is 6.03. The number of aromatic nitrogens is 1. The van der Waals surface area contributed by atoms with Gasteiger partial charge >= 0.3 is 0 Å². The van der Waals surface area contributed by atoms with E-state index in [-0.39, 0.29) is 0 Å². The van der Waals surface area contributed by atoms with Crippen molar-refractivity contribution >= 4 is 32.6 Å². The minimum atomic E-state index is 0.738. The third-order valence-electron chi connectivity index (χ3n) is 3.11. The van der Waals surface area contributed by atoms with Crippen LogP contribution in [0.3, 0.4) is 0 Å². The van der Waals surface area contributed by atoms with Crippen LogP contribution < -0.4 is 16.0 Å². The van der Waals surface area contributed by atoms with Crippen LogP contribution in [0, 0.1) is 0 Å². The summed E-state index contributed by atoms with van der Waals surface area (Å²) < 4.78 is 6.23. The number of rotatable bonds is 9. The Kier molecular flexibility index (Phi) is 7.62. The Morgan fingerprint density at radius 1 is 1.26 bits per heavy atom. The highest BCUT2D eigenvalue weighted by molar-refractivity contribution is 7.22. The van der Waals surface area contributed by atoms with Gasteiger partial charge in [0.05, 0.1) is 10.2 Å². The molecule has 1 aromatic carbocycles. The molecule has 2 rings (SSSR count). The van der Waals surface area contributed by atoms with E-state index in [0.29, 0.717) is 0 Å². The Morgan fingerprint density at radius 3 is 2.91 bits per heavy atom. The summed E-state index contributed by atoms with van der Waals surface area (Å²) in [7, 11) is 1.71. The molecule has 1 heterocycles. The highest BCUT2D eigenvalue weighted by Gasteiger charge is 2.02. The van der Waals surface area contributed by atoms with Gasteiger partial charge in [0, 0.05) is 39.9 Å². The van der Waals surface area contributed by atoms with Gasteiger partial charge in [0.1, 0.15) is 0 Å². The summed E-state index contributed by atoms with van der Waals surface area (Å²) in [5.41, 5.74) is 1.04. The van der Waals surface area contributed by atoms with Crippen molar-refractivity contribution in [1.29, 1.82) is 0 Å². The molecule has 3 N–H and O–H groups in total. The lowest BCUT2D eigenvalue weighted by atomic mass is 10.3. The minimum Gasteiger partial charge on any atom is -0.385 e. The van der Waals surface area contributed by atoms with E-state index in [4.69, 9.17) is 4.74 Å². The topological polar surface area (TPSA) is 70.6 Å². The zero-order chi connectivity index (χ0) is 16.3. The number of nitrogens with one attached hydrogen (secondary N) is 3. The van der Waals surface area contributed by atoms with Crippen LogP contribution in [-0.4, -0.2) is 50.8 Å². The Morgan fingerprint density at radius 2 is 2.13 bits per heavy atom. The lowest BCUT2D eigenvalue weighted by Crippen LogP contribution is -2.39. The number of hydrogen-bond donors (Lipinski definition) is 3. The van der Waals surface area contributed by atoms with Crippen molar-refractivity contribution in [2.75, 3.05) is 45.2 Å². The van der Waals surface area contributed by atoms with Gasteiger partial charge in [0.25, 0.3) is 0 Å². The van der Waals surface area contributed by atoms with E-state index in [2.05, 4.69) is 38.9 Å². The maximum Gasteiger partial charge on any atom is 0.191 e. The van der Waals surface area contributed by atoms with Crippen molar-refractivity contribution in [2.24, 2.45) is 4.99 Å². The maximum atomic E-state index is 5.03. The minimum absolute atomic E-state index is 0.738. The molecule has 126 valence electrons. The molecule has 0 atom stereocenters. The lowest BCUT2D eigenvalue weighted by Gasteiger charge is -2.11. The van der Waals surface area contributed by atoms with Crippen LogP contribution >= 0.6 is 11.3 Å². The number of methoxy groups -OCH3 is 1. The largest absolute Gasteiger partial charge is 0.385 e. The van der Waals surface area contributed by atoms with Gasteiger partial charge in [-0.15, -0.1) is 0 Å². The Hall–Kier alpha value is -1.86. The van der Waals surface area contributed by atoms with Crippen LogP contribution in [0.15, 0.2) is 29.3 Å². The molecular weight excluding hydrogens is 310 g/mol. The molecule has 0 fully saturated rings. The predicted octanol–water partition coefficient (Wildman–Crippen LogP) is 2.30. The van der Waals surface area contributed by atoms with E-state index in [1.807, 2.05) is 18.2 Å². The summed E-state index contributed by atoms with van der Waals surface area (Å²) >= 11 is 1.68. The van der Waals surface area contributed by atoms with Gasteiger partial charge in [-0.3, -0.25) is 4.99 Å². The van der Waals surface area contributed by atoms with E-state index in [1.54, 1.807) is 18.4 Å². The summed E-state index contributed by atoms with van der Waals surface area (Å²) in [6.07, 6.45) is 0.928. The second kappa shape index (κ2) is 10.0. The van der Waals surface area contributed by atoms with E-state index < -0.39 is 0 Å². The van der Waals surface area contributed by atoms with Crippen LogP contribution in [0.25, 0.3) is 10.2 Å². The molecule has 0 radical (unpaired) electrons. The Balaban J connectivity index is 1.73. The Labute approximate surface area is 141 Å². The van der Waals surface area contributed by atoms with E-state index in [1.165, 1.54) is 4.70 Å². The molecule has 23 heavy (non-hydrogen) atoms. The van der Waals surface area contributed by atoms with Crippen molar-refractivity contribution in [3.63, 3.8) is 0 Å². The molecule has 0 bridgehead atoms. The fourth-order valence-corrected chi connectivity index (χ4v) is 2.93. The van der Waals surface area contributed by atoms with Gasteiger partial charge in [0.15, 0.2) is 11.1 Å². The number of benzene rings is 1. The number of fused-ring (bicyclic) bond motifs is 1. The third-order valence-corrected chi connectivity index (χ3v) is 4.10. The molecule has 7 heteroatoms. The van der Waals surface area contributed by atoms with Crippen LogP contribution in [0.4, 0.5) is 5.13 Å². The summed E-state index contributed by atoms with van der Waals surface area (Å²) in [4.78, 5) is 9.06. The first-order valence-corrected chi connectivity index (χ1v) is 8.75. The number of anilines is 1. The molecule has 2 aromatic rings. The van der Waals surface area contributed by atoms with Gasteiger partial charge in [-0.25, -0.2) is 4.98 Å². The number of aliphatic imine (C=N–C) groups is 1. The van der Waals surface area contributed by atoms with E-state index in [0.717, 1.165) is 55.8 Å². The smallest absolute Gasteiger partial charge is 0.191 e. The Bertz CT molecular complexity index is 580. The number of hydrogen-bond acceptors (Lipinski definition) is 5. The molecule has 0 aliphatic rings. The van der Waals surface area contributed by atoms with Crippen molar-refractivity contribution < 1.29 is 4.74 Å². The molecule has 0 aliphatic carbocycles. The molecular formula is C16H25N5OS. The number of ether oxygens (including phenoxy) is 1. The highest BCUT2D eigenvalue weighted by atomic mass is 32.1. The number of nitrogens with zero attached hydrogens (tertiary/aromatic N) is 2. The molecule has 0 aliphatic heterocycles. The highest BCUT2D eigenvalue weighted by Crippen LogP contribution is 2.24. The fourth-order valence-electron chi connectivity index (χ4n) is 2.04. The van der Waals surface area contributed by atoms with Gasteiger partial charge in [-0.05, 0) is 25.5 Å². The number of guanidine groups is 1. The maximum absolute atomic E-state index is 5.03. The van der Waals surface area contributed by atoms with Crippen molar-refractivity contribution in [3.8, 4) is 0 Å². The zero-order valence-corrected chi connectivity index (χ0v) is 14.6. The first-order chi connectivity index (χ1) is 11.3. The molecule has 0 saturated heterocycles. The van der Waals surface area contributed by atoms with Crippen LogP contribution in [-0.2, 0) is 4.74 Å². The summed E-state index contributed by atoms with van der Waals surface area (Å²) in [6.45, 7) is 5.98.